The van der Waals surface area contributed by atoms with Crippen LogP contribution in [0.5, 0.6) is 11.5 Å². The number of rotatable bonds is 8. The second-order valence-electron chi connectivity index (χ2n) is 7.01. The lowest BCUT2D eigenvalue weighted by atomic mass is 9.98. The molecule has 0 spiro atoms. The molecule has 160 valence electrons. The summed E-state index contributed by atoms with van der Waals surface area (Å²) < 4.78 is 10.6. The molecule has 3 rings (SSSR count). The third-order valence-electron chi connectivity index (χ3n) is 4.97. The maximum atomic E-state index is 12.9. The number of hydrogen-bond acceptors (Lipinski definition) is 5. The number of pyridine rings is 1. The van der Waals surface area contributed by atoms with Gasteiger partial charge in [0.15, 0.2) is 11.5 Å². The number of aryl methyl sites for hydroxylation is 1. The van der Waals surface area contributed by atoms with E-state index in [0.29, 0.717) is 17.1 Å². The first kappa shape index (κ1) is 21.8. The van der Waals surface area contributed by atoms with Crippen LogP contribution in [0.3, 0.4) is 0 Å². The molecule has 1 aromatic heterocycles. The number of nitrogens with zero attached hydrogens (tertiary/aromatic N) is 1. The molecule has 0 aliphatic heterocycles. The summed E-state index contributed by atoms with van der Waals surface area (Å²) in [5.41, 5.74) is 3.53. The lowest BCUT2D eigenvalue weighted by Gasteiger charge is -2.19. The number of hydrogen-bond donors (Lipinski definition) is 2. The average Bonchev–Trinajstić information content (AvgIpc) is 2.78. The first-order valence-electron chi connectivity index (χ1n) is 9.68. The van der Waals surface area contributed by atoms with E-state index in [4.69, 9.17) is 9.47 Å². The predicted octanol–water partition coefficient (Wildman–Crippen LogP) is 4.02. The van der Waals surface area contributed by atoms with Crippen molar-refractivity contribution in [2.24, 2.45) is 0 Å². The summed E-state index contributed by atoms with van der Waals surface area (Å²) in [6.45, 7) is 1.88. The molecule has 3 aromatic rings. The molecule has 0 bridgehead atoms. The summed E-state index contributed by atoms with van der Waals surface area (Å²) in [7, 11) is 3.12. The van der Waals surface area contributed by atoms with Gasteiger partial charge in [-0.15, -0.1) is 0 Å². The Kier molecular flexibility index (Phi) is 6.87. The number of aliphatic carboxylic acids is 1. The second-order valence-corrected chi connectivity index (χ2v) is 7.01. The molecule has 2 aromatic carbocycles. The number of carbonyl (C=O) groups excluding carboxylic acids is 1. The summed E-state index contributed by atoms with van der Waals surface area (Å²) >= 11 is 0. The molecule has 0 aliphatic rings. The highest BCUT2D eigenvalue weighted by atomic mass is 16.5. The molecule has 1 atom stereocenters. The fraction of sp³-hybridized carbons (Fsp3) is 0.208. The molecule has 7 nitrogen and oxygen atoms in total. The molecule has 0 aliphatic carbocycles. The Morgan fingerprint density at radius 2 is 1.74 bits per heavy atom. The first-order chi connectivity index (χ1) is 14.9. The van der Waals surface area contributed by atoms with Gasteiger partial charge < -0.3 is 19.9 Å². The number of methoxy groups -OCH3 is 2. The Hall–Kier alpha value is -3.87. The van der Waals surface area contributed by atoms with E-state index in [2.05, 4.69) is 10.3 Å². The first-order valence-corrected chi connectivity index (χ1v) is 9.68. The molecular weight excluding hydrogens is 396 g/mol. The van der Waals surface area contributed by atoms with Gasteiger partial charge in [0.2, 0.25) is 0 Å². The van der Waals surface area contributed by atoms with Gasteiger partial charge in [-0.2, -0.15) is 0 Å². The Morgan fingerprint density at radius 1 is 1.00 bits per heavy atom. The van der Waals surface area contributed by atoms with Gasteiger partial charge in [-0.25, -0.2) is 0 Å². The Morgan fingerprint density at radius 3 is 2.42 bits per heavy atom. The second kappa shape index (κ2) is 9.75. The third kappa shape index (κ3) is 5.19. The minimum atomic E-state index is -0.995. The van der Waals surface area contributed by atoms with Gasteiger partial charge in [-0.3, -0.25) is 14.6 Å². The van der Waals surface area contributed by atoms with E-state index in [0.717, 1.165) is 22.3 Å². The van der Waals surface area contributed by atoms with Gasteiger partial charge in [0.05, 0.1) is 32.2 Å². The highest BCUT2D eigenvalue weighted by molar-refractivity contribution is 5.95. The zero-order chi connectivity index (χ0) is 22.4. The minimum Gasteiger partial charge on any atom is -0.493 e. The van der Waals surface area contributed by atoms with Crippen LogP contribution in [-0.2, 0) is 4.79 Å². The smallest absolute Gasteiger partial charge is 0.305 e. The summed E-state index contributed by atoms with van der Waals surface area (Å²) in [6.07, 6.45) is 2.88. The van der Waals surface area contributed by atoms with E-state index >= 15 is 0 Å². The van der Waals surface area contributed by atoms with Crippen LogP contribution in [0, 0.1) is 6.92 Å². The number of benzene rings is 2. The Labute approximate surface area is 180 Å². The molecule has 0 fully saturated rings. The van der Waals surface area contributed by atoms with Gasteiger partial charge in [0.1, 0.15) is 0 Å². The molecule has 7 heteroatoms. The Bertz CT molecular complexity index is 1100. The molecule has 2 N–H and O–H groups in total. The topological polar surface area (TPSA) is 97.8 Å². The van der Waals surface area contributed by atoms with Crippen LogP contribution in [-0.4, -0.2) is 36.2 Å². The van der Waals surface area contributed by atoms with Gasteiger partial charge in [0.25, 0.3) is 5.91 Å². The van der Waals surface area contributed by atoms with Crippen LogP contribution in [0.2, 0.25) is 0 Å². The third-order valence-corrected chi connectivity index (χ3v) is 4.97. The van der Waals surface area contributed by atoms with Gasteiger partial charge >= 0.3 is 5.97 Å². The number of carboxylic acid groups (broad SMARTS) is 1. The van der Waals surface area contributed by atoms with Crippen molar-refractivity contribution in [3.8, 4) is 22.6 Å². The normalized spacial score (nSPS) is 11.5. The van der Waals surface area contributed by atoms with Crippen LogP contribution in [0.1, 0.15) is 33.9 Å². The summed E-state index contributed by atoms with van der Waals surface area (Å²) in [5.74, 6) is -0.228. The maximum absolute atomic E-state index is 12.9. The van der Waals surface area contributed by atoms with Crippen molar-refractivity contribution < 1.29 is 24.2 Å². The highest BCUT2D eigenvalue weighted by Gasteiger charge is 2.21. The lowest BCUT2D eigenvalue weighted by Crippen LogP contribution is -2.30. The monoisotopic (exact) mass is 420 g/mol. The van der Waals surface area contributed by atoms with E-state index in [1.807, 2.05) is 37.3 Å². The average molecular weight is 420 g/mol. The number of carbonyl (C=O) groups is 2. The van der Waals surface area contributed by atoms with Crippen molar-refractivity contribution in [3.63, 3.8) is 0 Å². The van der Waals surface area contributed by atoms with Gasteiger partial charge in [-0.05, 0) is 41.8 Å². The highest BCUT2D eigenvalue weighted by Crippen LogP contribution is 2.32. The van der Waals surface area contributed by atoms with Crippen molar-refractivity contribution in [1.82, 2.24) is 10.3 Å². The predicted molar refractivity (Wildman–Crippen MR) is 116 cm³/mol. The summed E-state index contributed by atoms with van der Waals surface area (Å²) in [6, 6.07) is 13.9. The molecule has 0 radical (unpaired) electrons. The van der Waals surface area contributed by atoms with Gasteiger partial charge in [0, 0.05) is 18.0 Å². The zero-order valence-corrected chi connectivity index (χ0v) is 17.6. The molecule has 1 heterocycles. The Balaban J connectivity index is 1.88. The molecule has 0 saturated carbocycles. The van der Waals surface area contributed by atoms with Crippen LogP contribution in [0.25, 0.3) is 11.1 Å². The summed E-state index contributed by atoms with van der Waals surface area (Å²) in [5, 5.41) is 12.2. The SMILES string of the molecule is COc1ccc(-c2cncc(C(=O)N[C@@H](CC(=O)O)c3ccccc3C)c2)cc1OC. The van der Waals surface area contributed by atoms with Crippen LogP contribution in [0.15, 0.2) is 60.9 Å². The van der Waals surface area contributed by atoms with E-state index in [-0.39, 0.29) is 6.42 Å². The number of aromatic nitrogens is 1. The minimum absolute atomic E-state index is 0.223. The van der Waals surface area contributed by atoms with E-state index < -0.39 is 17.9 Å². The molecule has 0 unspecified atom stereocenters. The van der Waals surface area contributed by atoms with Crippen molar-refractivity contribution in [1.29, 1.82) is 0 Å². The van der Waals surface area contributed by atoms with Crippen molar-refractivity contribution >= 4 is 11.9 Å². The number of carboxylic acids is 1. The zero-order valence-electron chi connectivity index (χ0n) is 17.6. The van der Waals surface area contributed by atoms with Crippen LogP contribution in [0.4, 0.5) is 0 Å². The van der Waals surface area contributed by atoms with Crippen LogP contribution < -0.4 is 14.8 Å². The lowest BCUT2D eigenvalue weighted by molar-refractivity contribution is -0.137. The van der Waals surface area contributed by atoms with E-state index in [1.165, 1.54) is 6.20 Å². The number of amides is 1. The molecule has 31 heavy (non-hydrogen) atoms. The van der Waals surface area contributed by atoms with Crippen LogP contribution >= 0.6 is 0 Å². The fourth-order valence-electron chi connectivity index (χ4n) is 3.37. The van der Waals surface area contributed by atoms with Crippen molar-refractivity contribution in [3.05, 3.63) is 77.6 Å². The van der Waals surface area contributed by atoms with E-state index in [1.54, 1.807) is 38.6 Å². The van der Waals surface area contributed by atoms with Crippen molar-refractivity contribution in [2.75, 3.05) is 14.2 Å². The quantitative estimate of drug-likeness (QED) is 0.571. The number of ether oxygens (including phenoxy) is 2. The standard InChI is InChI=1S/C24H24N2O5/c1-15-6-4-5-7-19(15)20(12-23(27)28)26-24(29)18-10-17(13-25-14-18)16-8-9-21(30-2)22(11-16)31-3/h4-11,13-14,20H,12H2,1-3H3,(H,26,29)(H,27,28)/t20-/m0/s1. The van der Waals surface area contributed by atoms with E-state index in [9.17, 15) is 14.7 Å². The molecule has 1 amide bonds. The van der Waals surface area contributed by atoms with Gasteiger partial charge in [-0.1, -0.05) is 30.3 Å². The summed E-state index contributed by atoms with van der Waals surface area (Å²) in [4.78, 5) is 28.5. The fourth-order valence-corrected chi connectivity index (χ4v) is 3.37. The number of nitrogens with one attached hydrogen (secondary N) is 1. The molecular formula is C24H24N2O5. The molecule has 0 saturated heterocycles. The largest absolute Gasteiger partial charge is 0.493 e. The van der Waals surface area contributed by atoms with Crippen molar-refractivity contribution in [2.45, 2.75) is 19.4 Å². The maximum Gasteiger partial charge on any atom is 0.305 e.